The van der Waals surface area contributed by atoms with Gasteiger partial charge in [0.25, 0.3) is 0 Å². The van der Waals surface area contributed by atoms with Crippen LogP contribution in [0.25, 0.3) is 11.0 Å². The number of halogens is 1. The molecule has 0 saturated carbocycles. The summed E-state index contributed by atoms with van der Waals surface area (Å²) in [6, 6.07) is 8.75. The van der Waals surface area contributed by atoms with Gasteiger partial charge in [-0.2, -0.15) is 15.1 Å². The summed E-state index contributed by atoms with van der Waals surface area (Å²) in [7, 11) is -2.05. The molecule has 2 aliphatic heterocycles. The smallest absolute Gasteiger partial charge is 0.226 e. The minimum absolute atomic E-state index is 0.0709. The Morgan fingerprint density at radius 1 is 1.21 bits per heavy atom. The Kier molecular flexibility index (Phi) is 5.52. The lowest BCUT2D eigenvalue weighted by molar-refractivity contribution is -0.0384. The average Bonchev–Trinajstić information content (AvgIpc) is 3.48. The minimum atomic E-state index is -2.05. The van der Waals surface area contributed by atoms with E-state index in [-0.39, 0.29) is 29.4 Å². The molecular formula is C22H25ClN5O4P. The van der Waals surface area contributed by atoms with Crippen LogP contribution in [-0.4, -0.2) is 61.7 Å². The van der Waals surface area contributed by atoms with E-state index >= 15 is 0 Å². The first-order valence-corrected chi connectivity index (χ1v) is 13.0. The zero-order valence-corrected chi connectivity index (χ0v) is 19.6. The van der Waals surface area contributed by atoms with Gasteiger partial charge in [0.2, 0.25) is 5.28 Å². The van der Waals surface area contributed by atoms with Gasteiger partial charge < -0.3 is 24.2 Å². The molecule has 6 rings (SSSR count). The Morgan fingerprint density at radius 2 is 2.06 bits per heavy atom. The molecule has 11 heteroatoms. The van der Waals surface area contributed by atoms with Crippen molar-refractivity contribution in [1.29, 1.82) is 0 Å². The number of rotatable bonds is 6. The number of hydrogen-bond donors (Lipinski definition) is 2. The SMILES string of the molecule is OP(O)COCC1CCC(n2ncc3c(N4CC5(CCc6ccccc65)C4)nc(Cl)nc32)O1. The topological polar surface area (TPSA) is 106 Å². The van der Waals surface area contributed by atoms with Crippen molar-refractivity contribution in [2.75, 3.05) is 30.9 Å². The van der Waals surface area contributed by atoms with Gasteiger partial charge in [0.1, 0.15) is 12.2 Å². The Morgan fingerprint density at radius 3 is 2.91 bits per heavy atom. The standard InChI is InChI=1S/C22H25ClN5O4P/c23-21-25-19(27-11-22(12-27)8-7-14-3-1-2-4-17(14)22)16-9-24-28(20(16)26-21)18-6-5-15(32-18)10-31-13-33(29)30/h1-4,9,15,18,29-30H,5-8,10-13H2. The molecule has 2 N–H and O–H groups in total. The van der Waals surface area contributed by atoms with E-state index in [1.165, 1.54) is 11.1 Å². The third-order valence-corrected chi connectivity index (χ3v) is 7.61. The fourth-order valence-corrected chi connectivity index (χ4v) is 5.95. The Bertz CT molecular complexity index is 1180. The van der Waals surface area contributed by atoms with Crippen molar-refractivity contribution >= 4 is 36.8 Å². The Balaban J connectivity index is 1.21. The molecule has 9 nitrogen and oxygen atoms in total. The molecule has 2 fully saturated rings. The van der Waals surface area contributed by atoms with E-state index in [4.69, 9.17) is 30.9 Å². The molecule has 2 atom stereocenters. The number of aryl methyl sites for hydroxylation is 1. The number of hydrogen-bond acceptors (Lipinski definition) is 8. The molecule has 2 aromatic heterocycles. The summed E-state index contributed by atoms with van der Waals surface area (Å²) >= 11 is 6.35. The van der Waals surface area contributed by atoms with Crippen LogP contribution in [0, 0.1) is 0 Å². The lowest BCUT2D eigenvalue weighted by Gasteiger charge is -2.49. The van der Waals surface area contributed by atoms with E-state index in [2.05, 4.69) is 44.2 Å². The van der Waals surface area contributed by atoms with Crippen molar-refractivity contribution in [3.63, 3.8) is 0 Å². The van der Waals surface area contributed by atoms with Gasteiger partial charge in [-0.05, 0) is 48.4 Å². The van der Waals surface area contributed by atoms with Crippen molar-refractivity contribution in [2.24, 2.45) is 0 Å². The molecule has 4 heterocycles. The van der Waals surface area contributed by atoms with Gasteiger partial charge in [-0.1, -0.05) is 24.3 Å². The molecule has 174 valence electrons. The molecule has 2 unspecified atom stereocenters. The van der Waals surface area contributed by atoms with Crippen LogP contribution < -0.4 is 4.90 Å². The predicted molar refractivity (Wildman–Crippen MR) is 124 cm³/mol. The summed E-state index contributed by atoms with van der Waals surface area (Å²) in [5, 5.41) is 5.64. The molecular weight excluding hydrogens is 465 g/mol. The fraction of sp³-hybridized carbons (Fsp3) is 0.500. The predicted octanol–water partition coefficient (Wildman–Crippen LogP) is 3.13. The van der Waals surface area contributed by atoms with Crippen LogP contribution in [0.15, 0.2) is 30.5 Å². The van der Waals surface area contributed by atoms with E-state index in [0.717, 1.165) is 50.0 Å². The summed E-state index contributed by atoms with van der Waals surface area (Å²) < 4.78 is 13.2. The van der Waals surface area contributed by atoms with E-state index in [9.17, 15) is 0 Å². The molecule has 3 aromatic rings. The quantitative estimate of drug-likeness (QED) is 0.402. The van der Waals surface area contributed by atoms with Crippen molar-refractivity contribution in [2.45, 2.75) is 43.4 Å². The first-order valence-electron chi connectivity index (χ1n) is 11.1. The van der Waals surface area contributed by atoms with Gasteiger partial charge in [-0.25, -0.2) is 4.68 Å². The Hall–Kier alpha value is -1.87. The normalized spacial score (nSPS) is 23.6. The maximum atomic E-state index is 8.99. The number of fused-ring (bicyclic) bond motifs is 3. The zero-order chi connectivity index (χ0) is 22.6. The molecule has 1 aliphatic carbocycles. The largest absolute Gasteiger partial charge is 0.369 e. The highest BCUT2D eigenvalue weighted by Crippen LogP contribution is 2.47. The number of anilines is 1. The highest BCUT2D eigenvalue weighted by Gasteiger charge is 2.49. The average molecular weight is 490 g/mol. The third kappa shape index (κ3) is 3.81. The van der Waals surface area contributed by atoms with Crippen LogP contribution in [0.4, 0.5) is 5.82 Å². The second-order valence-electron chi connectivity index (χ2n) is 9.10. The van der Waals surface area contributed by atoms with Crippen molar-refractivity contribution < 1.29 is 19.3 Å². The van der Waals surface area contributed by atoms with E-state index in [0.29, 0.717) is 12.3 Å². The van der Waals surface area contributed by atoms with Crippen LogP contribution >= 0.6 is 20.0 Å². The first kappa shape index (κ1) is 21.6. The second-order valence-corrected chi connectivity index (χ2v) is 10.4. The maximum Gasteiger partial charge on any atom is 0.226 e. The molecule has 1 spiro atoms. The fourth-order valence-electron chi connectivity index (χ4n) is 5.52. The molecule has 0 radical (unpaired) electrons. The second kappa shape index (κ2) is 8.41. The molecule has 0 bridgehead atoms. The summed E-state index contributed by atoms with van der Waals surface area (Å²) in [6.45, 7) is 2.14. The Labute approximate surface area is 197 Å². The molecule has 2 saturated heterocycles. The van der Waals surface area contributed by atoms with E-state index < -0.39 is 8.38 Å². The van der Waals surface area contributed by atoms with E-state index in [1.807, 2.05) is 0 Å². The maximum absolute atomic E-state index is 8.99. The van der Waals surface area contributed by atoms with Gasteiger partial charge in [0.05, 0.1) is 24.3 Å². The van der Waals surface area contributed by atoms with Crippen molar-refractivity contribution in [3.05, 3.63) is 46.9 Å². The highest BCUT2D eigenvalue weighted by atomic mass is 35.5. The summed E-state index contributed by atoms with van der Waals surface area (Å²) in [5.41, 5.74) is 3.79. The van der Waals surface area contributed by atoms with E-state index in [1.54, 1.807) is 10.9 Å². The number of benzene rings is 1. The summed E-state index contributed by atoms with van der Waals surface area (Å²) in [6.07, 6.45) is 5.18. The van der Waals surface area contributed by atoms with Gasteiger partial charge in [-0.15, -0.1) is 0 Å². The van der Waals surface area contributed by atoms with Gasteiger partial charge >= 0.3 is 0 Å². The molecule has 1 aromatic carbocycles. The zero-order valence-electron chi connectivity index (χ0n) is 18.0. The van der Waals surface area contributed by atoms with Crippen LogP contribution in [-0.2, 0) is 21.3 Å². The van der Waals surface area contributed by atoms with Gasteiger partial charge in [0.15, 0.2) is 20.3 Å². The van der Waals surface area contributed by atoms with Crippen LogP contribution in [0.3, 0.4) is 0 Å². The van der Waals surface area contributed by atoms with Gasteiger partial charge in [-0.3, -0.25) is 0 Å². The van der Waals surface area contributed by atoms with Crippen molar-refractivity contribution in [1.82, 2.24) is 19.7 Å². The number of aromatic nitrogens is 4. The highest BCUT2D eigenvalue weighted by molar-refractivity contribution is 7.44. The van der Waals surface area contributed by atoms with Crippen LogP contribution in [0.1, 0.15) is 36.6 Å². The summed E-state index contributed by atoms with van der Waals surface area (Å²) in [4.78, 5) is 29.3. The lowest BCUT2D eigenvalue weighted by Crippen LogP contribution is -2.58. The van der Waals surface area contributed by atoms with Crippen LogP contribution in [0.2, 0.25) is 5.28 Å². The van der Waals surface area contributed by atoms with Gasteiger partial charge in [0, 0.05) is 18.5 Å². The van der Waals surface area contributed by atoms with Crippen molar-refractivity contribution in [3.8, 4) is 0 Å². The molecule has 33 heavy (non-hydrogen) atoms. The number of ether oxygens (including phenoxy) is 2. The molecule has 0 amide bonds. The number of nitrogens with zero attached hydrogens (tertiary/aromatic N) is 5. The molecule has 3 aliphatic rings. The summed E-state index contributed by atoms with van der Waals surface area (Å²) in [5.74, 6) is 0.823. The first-order chi connectivity index (χ1) is 16.0. The lowest BCUT2D eigenvalue weighted by atomic mass is 9.75. The third-order valence-electron chi connectivity index (χ3n) is 7.02. The van der Waals surface area contributed by atoms with Crippen LogP contribution in [0.5, 0.6) is 0 Å². The monoisotopic (exact) mass is 489 g/mol. The minimum Gasteiger partial charge on any atom is -0.369 e.